The van der Waals surface area contributed by atoms with Crippen LogP contribution in [0.2, 0.25) is 0 Å². The number of methoxy groups -OCH3 is 2. The van der Waals surface area contributed by atoms with Crippen LogP contribution in [0.5, 0.6) is 5.75 Å². The minimum absolute atomic E-state index is 0.0716. The molecule has 0 fully saturated rings. The van der Waals surface area contributed by atoms with Gasteiger partial charge in [0.05, 0.1) is 17.7 Å². The molecule has 0 unspecified atom stereocenters. The first-order chi connectivity index (χ1) is 17.2. The van der Waals surface area contributed by atoms with Crippen molar-refractivity contribution in [3.63, 3.8) is 0 Å². The van der Waals surface area contributed by atoms with Gasteiger partial charge in [0.1, 0.15) is 24.7 Å². The standard InChI is InChI=1S/C26H34N4O6/c1-17-13-30(26(33)21-8-6-7-11-27-21)18(2)15-36-22-12-19(28-24(31)16-34-4)9-10-20(22)25(32)29(3)14-23(17)35-5/h6-12,17-18,23H,13-16H2,1-5H3,(H,28,31)/t17-,18+,23+/m0/s1. The Morgan fingerprint density at radius 2 is 1.94 bits per heavy atom. The Morgan fingerprint density at radius 3 is 2.61 bits per heavy atom. The second-order valence-electron chi connectivity index (χ2n) is 8.96. The van der Waals surface area contributed by atoms with Gasteiger partial charge >= 0.3 is 0 Å². The van der Waals surface area contributed by atoms with Crippen molar-refractivity contribution in [3.8, 4) is 5.75 Å². The summed E-state index contributed by atoms with van der Waals surface area (Å²) in [5.41, 5.74) is 1.16. The van der Waals surface area contributed by atoms with Crippen LogP contribution in [0.1, 0.15) is 34.7 Å². The van der Waals surface area contributed by atoms with Gasteiger partial charge in [-0.2, -0.15) is 0 Å². The molecule has 36 heavy (non-hydrogen) atoms. The largest absolute Gasteiger partial charge is 0.491 e. The van der Waals surface area contributed by atoms with Crippen molar-refractivity contribution in [2.75, 3.05) is 52.9 Å². The van der Waals surface area contributed by atoms with Gasteiger partial charge in [-0.15, -0.1) is 0 Å². The quantitative estimate of drug-likeness (QED) is 0.674. The highest BCUT2D eigenvalue weighted by Crippen LogP contribution is 2.27. The van der Waals surface area contributed by atoms with E-state index in [0.717, 1.165) is 0 Å². The van der Waals surface area contributed by atoms with Crippen molar-refractivity contribution in [2.45, 2.75) is 26.0 Å². The SMILES string of the molecule is COCC(=O)Nc1ccc2c(c1)OC[C@@H](C)N(C(=O)c1ccccn1)C[C@H](C)[C@H](OC)CN(C)C2=O. The van der Waals surface area contributed by atoms with Crippen LogP contribution in [0.4, 0.5) is 5.69 Å². The molecule has 2 heterocycles. The monoisotopic (exact) mass is 498 g/mol. The van der Waals surface area contributed by atoms with E-state index in [4.69, 9.17) is 14.2 Å². The third kappa shape index (κ3) is 6.58. The smallest absolute Gasteiger partial charge is 0.272 e. The summed E-state index contributed by atoms with van der Waals surface area (Å²) in [7, 11) is 4.74. The van der Waals surface area contributed by atoms with Crippen molar-refractivity contribution in [1.29, 1.82) is 0 Å². The average molecular weight is 499 g/mol. The summed E-state index contributed by atoms with van der Waals surface area (Å²) in [6, 6.07) is 9.74. The molecule has 3 atom stereocenters. The fourth-order valence-corrected chi connectivity index (χ4v) is 4.10. The minimum Gasteiger partial charge on any atom is -0.491 e. The third-order valence-electron chi connectivity index (χ3n) is 6.15. The van der Waals surface area contributed by atoms with Crippen LogP contribution in [0, 0.1) is 5.92 Å². The Kier molecular flexibility index (Phi) is 9.38. The molecule has 0 saturated heterocycles. The van der Waals surface area contributed by atoms with E-state index in [0.29, 0.717) is 35.8 Å². The molecule has 1 aliphatic heterocycles. The second kappa shape index (κ2) is 12.5. The Bertz CT molecular complexity index is 1060. The summed E-state index contributed by atoms with van der Waals surface area (Å²) in [5, 5.41) is 2.73. The van der Waals surface area contributed by atoms with Crippen molar-refractivity contribution < 1.29 is 28.6 Å². The van der Waals surface area contributed by atoms with Crippen molar-refractivity contribution in [3.05, 3.63) is 53.9 Å². The average Bonchev–Trinajstić information content (AvgIpc) is 2.88. The van der Waals surface area contributed by atoms with Crippen molar-refractivity contribution in [2.24, 2.45) is 5.92 Å². The Balaban J connectivity index is 1.97. The van der Waals surface area contributed by atoms with E-state index in [1.165, 1.54) is 7.11 Å². The van der Waals surface area contributed by atoms with Gasteiger partial charge in [-0.25, -0.2) is 0 Å². The lowest BCUT2D eigenvalue weighted by Gasteiger charge is -2.36. The number of nitrogens with zero attached hydrogens (tertiary/aromatic N) is 3. The molecule has 0 bridgehead atoms. The number of anilines is 1. The molecule has 3 rings (SSSR count). The van der Waals surface area contributed by atoms with Crippen LogP contribution in [-0.2, 0) is 14.3 Å². The number of carbonyl (C=O) groups is 3. The summed E-state index contributed by atoms with van der Waals surface area (Å²) in [6.07, 6.45) is 1.28. The zero-order chi connectivity index (χ0) is 26.2. The molecule has 0 radical (unpaired) electrons. The highest BCUT2D eigenvalue weighted by atomic mass is 16.5. The normalized spacial score (nSPS) is 21.0. The maximum atomic E-state index is 13.4. The highest BCUT2D eigenvalue weighted by molar-refractivity contribution is 5.98. The molecule has 1 aromatic carbocycles. The molecular weight excluding hydrogens is 464 g/mol. The predicted octanol–water partition coefficient (Wildman–Crippen LogP) is 2.31. The maximum Gasteiger partial charge on any atom is 0.272 e. The van der Waals surface area contributed by atoms with E-state index in [1.807, 2.05) is 13.8 Å². The second-order valence-corrected chi connectivity index (χ2v) is 8.96. The number of benzene rings is 1. The molecule has 2 aromatic rings. The number of fused-ring (bicyclic) bond motifs is 1. The molecule has 0 spiro atoms. The molecule has 1 aliphatic rings. The van der Waals surface area contributed by atoms with Crippen LogP contribution >= 0.6 is 0 Å². The van der Waals surface area contributed by atoms with E-state index in [1.54, 1.807) is 66.6 Å². The first kappa shape index (κ1) is 27.1. The number of hydrogen-bond donors (Lipinski definition) is 1. The lowest BCUT2D eigenvalue weighted by Crippen LogP contribution is -2.48. The number of hydrogen-bond acceptors (Lipinski definition) is 7. The Labute approximate surface area is 211 Å². The van der Waals surface area contributed by atoms with Crippen LogP contribution in [0.15, 0.2) is 42.6 Å². The summed E-state index contributed by atoms with van der Waals surface area (Å²) >= 11 is 0. The molecule has 194 valence electrons. The highest BCUT2D eigenvalue weighted by Gasteiger charge is 2.31. The fourth-order valence-electron chi connectivity index (χ4n) is 4.10. The van der Waals surface area contributed by atoms with E-state index >= 15 is 0 Å². The number of pyridine rings is 1. The lowest BCUT2D eigenvalue weighted by atomic mass is 10.0. The zero-order valence-corrected chi connectivity index (χ0v) is 21.4. The summed E-state index contributed by atoms with van der Waals surface area (Å²) in [5.74, 6) is -0.537. The summed E-state index contributed by atoms with van der Waals surface area (Å²) < 4.78 is 16.7. The number of nitrogens with one attached hydrogen (secondary N) is 1. The van der Waals surface area contributed by atoms with Gasteiger partial charge < -0.3 is 29.3 Å². The zero-order valence-electron chi connectivity index (χ0n) is 21.4. The third-order valence-corrected chi connectivity index (χ3v) is 6.15. The number of aromatic nitrogens is 1. The minimum atomic E-state index is -0.341. The predicted molar refractivity (Wildman–Crippen MR) is 134 cm³/mol. The number of ether oxygens (including phenoxy) is 3. The summed E-state index contributed by atoms with van der Waals surface area (Å²) in [4.78, 5) is 46.2. The van der Waals surface area contributed by atoms with Crippen LogP contribution in [0.3, 0.4) is 0 Å². The molecule has 3 amide bonds. The van der Waals surface area contributed by atoms with Crippen molar-refractivity contribution >= 4 is 23.4 Å². The van der Waals surface area contributed by atoms with Gasteiger partial charge in [0.25, 0.3) is 11.8 Å². The van der Waals surface area contributed by atoms with Crippen LogP contribution in [-0.4, -0.2) is 92.2 Å². The first-order valence-corrected chi connectivity index (χ1v) is 11.8. The van der Waals surface area contributed by atoms with E-state index in [-0.39, 0.29) is 49.0 Å². The van der Waals surface area contributed by atoms with Gasteiger partial charge in [-0.3, -0.25) is 19.4 Å². The van der Waals surface area contributed by atoms with E-state index < -0.39 is 0 Å². The van der Waals surface area contributed by atoms with E-state index in [9.17, 15) is 14.4 Å². The lowest BCUT2D eigenvalue weighted by molar-refractivity contribution is -0.119. The van der Waals surface area contributed by atoms with Crippen LogP contribution < -0.4 is 10.1 Å². The molecule has 10 nitrogen and oxygen atoms in total. The van der Waals surface area contributed by atoms with Gasteiger partial charge in [0.2, 0.25) is 5.91 Å². The Morgan fingerprint density at radius 1 is 1.17 bits per heavy atom. The molecule has 10 heteroatoms. The van der Waals surface area contributed by atoms with Gasteiger partial charge in [0.15, 0.2) is 0 Å². The molecule has 0 aliphatic carbocycles. The first-order valence-electron chi connectivity index (χ1n) is 11.8. The van der Waals surface area contributed by atoms with Crippen LogP contribution in [0.25, 0.3) is 0 Å². The molecule has 1 aromatic heterocycles. The number of likely N-dealkylation sites (N-methyl/N-ethyl adjacent to an activating group) is 1. The van der Waals surface area contributed by atoms with Gasteiger partial charge in [-0.1, -0.05) is 13.0 Å². The number of carbonyl (C=O) groups excluding carboxylic acids is 3. The number of rotatable bonds is 5. The number of amides is 3. The molecule has 1 N–H and O–H groups in total. The van der Waals surface area contributed by atoms with Gasteiger partial charge in [0, 0.05) is 58.2 Å². The topological polar surface area (TPSA) is 110 Å². The molecule has 0 saturated carbocycles. The summed E-state index contributed by atoms with van der Waals surface area (Å²) in [6.45, 7) is 4.62. The Hall–Kier alpha value is -3.50. The maximum absolute atomic E-state index is 13.4. The fraction of sp³-hybridized carbons (Fsp3) is 0.462. The van der Waals surface area contributed by atoms with Gasteiger partial charge in [-0.05, 0) is 31.2 Å². The molecular formula is C26H34N4O6. The van der Waals surface area contributed by atoms with Crippen molar-refractivity contribution in [1.82, 2.24) is 14.8 Å². The van der Waals surface area contributed by atoms with E-state index in [2.05, 4.69) is 10.3 Å².